The Bertz CT molecular complexity index is 546. The first-order chi connectivity index (χ1) is 8.70. The first-order valence-corrected chi connectivity index (χ1v) is 6.06. The Morgan fingerprint density at radius 3 is 2.89 bits per heavy atom. The summed E-state index contributed by atoms with van der Waals surface area (Å²) in [6.07, 6.45) is 1.68. The summed E-state index contributed by atoms with van der Waals surface area (Å²) < 4.78 is 13.0. The van der Waals surface area contributed by atoms with Gasteiger partial charge in [-0.25, -0.2) is 14.4 Å². The summed E-state index contributed by atoms with van der Waals surface area (Å²) in [5, 5.41) is 3.50. The number of hydrogen-bond donors (Lipinski definition) is 1. The van der Waals surface area contributed by atoms with Crippen LogP contribution in [-0.2, 0) is 6.54 Å². The molecule has 0 radical (unpaired) electrons. The first kappa shape index (κ1) is 12.9. The molecule has 0 unspecified atom stereocenters. The second-order valence-electron chi connectivity index (χ2n) is 3.78. The highest BCUT2D eigenvalue weighted by atomic mass is 35.5. The van der Waals surface area contributed by atoms with Crippen molar-refractivity contribution in [3.8, 4) is 11.4 Å². The fraction of sp³-hybridized carbons (Fsp3) is 0.231. The molecule has 1 aromatic carbocycles. The van der Waals surface area contributed by atoms with Crippen LogP contribution in [-0.4, -0.2) is 16.5 Å². The molecule has 2 rings (SSSR count). The molecular formula is C13H13ClFN3. The minimum atomic E-state index is -0.368. The summed E-state index contributed by atoms with van der Waals surface area (Å²) in [6.45, 7) is 3.57. The number of nitrogens with one attached hydrogen (secondary N) is 1. The van der Waals surface area contributed by atoms with E-state index in [-0.39, 0.29) is 5.82 Å². The summed E-state index contributed by atoms with van der Waals surface area (Å²) in [5.41, 5.74) is 1.51. The summed E-state index contributed by atoms with van der Waals surface area (Å²) >= 11 is 5.99. The van der Waals surface area contributed by atoms with Crippen LogP contribution in [0.25, 0.3) is 11.4 Å². The van der Waals surface area contributed by atoms with Crippen LogP contribution in [0.3, 0.4) is 0 Å². The van der Waals surface area contributed by atoms with Crippen molar-refractivity contribution in [3.63, 3.8) is 0 Å². The van der Waals surface area contributed by atoms with E-state index in [1.54, 1.807) is 12.3 Å². The maximum atomic E-state index is 13.0. The Morgan fingerprint density at radius 2 is 2.17 bits per heavy atom. The Kier molecular flexibility index (Phi) is 4.23. The predicted molar refractivity (Wildman–Crippen MR) is 69.8 cm³/mol. The summed E-state index contributed by atoms with van der Waals surface area (Å²) in [7, 11) is 0. The molecule has 0 saturated carbocycles. The average molecular weight is 266 g/mol. The third kappa shape index (κ3) is 3.03. The molecule has 0 saturated heterocycles. The zero-order valence-corrected chi connectivity index (χ0v) is 10.7. The van der Waals surface area contributed by atoms with E-state index in [1.807, 2.05) is 13.0 Å². The van der Waals surface area contributed by atoms with Gasteiger partial charge in [0.1, 0.15) is 5.82 Å². The third-order valence-corrected chi connectivity index (χ3v) is 2.75. The van der Waals surface area contributed by atoms with Crippen LogP contribution in [0, 0.1) is 5.82 Å². The second-order valence-corrected chi connectivity index (χ2v) is 4.18. The van der Waals surface area contributed by atoms with Crippen molar-refractivity contribution < 1.29 is 4.39 Å². The van der Waals surface area contributed by atoms with Gasteiger partial charge in [0.15, 0.2) is 5.82 Å². The summed E-state index contributed by atoms with van der Waals surface area (Å²) in [6, 6.07) is 6.03. The first-order valence-electron chi connectivity index (χ1n) is 5.68. The van der Waals surface area contributed by atoms with Gasteiger partial charge in [-0.05, 0) is 30.8 Å². The fourth-order valence-corrected chi connectivity index (χ4v) is 1.80. The lowest BCUT2D eigenvalue weighted by molar-refractivity contribution is 0.628. The van der Waals surface area contributed by atoms with Gasteiger partial charge < -0.3 is 5.32 Å². The number of aromatic nitrogens is 2. The molecule has 1 aromatic heterocycles. The molecule has 0 atom stereocenters. The number of benzene rings is 1. The van der Waals surface area contributed by atoms with Crippen LogP contribution in [0.4, 0.5) is 4.39 Å². The molecule has 0 amide bonds. The number of hydrogen-bond acceptors (Lipinski definition) is 3. The Morgan fingerprint density at radius 1 is 1.33 bits per heavy atom. The van der Waals surface area contributed by atoms with E-state index in [2.05, 4.69) is 15.3 Å². The molecule has 0 aliphatic heterocycles. The van der Waals surface area contributed by atoms with E-state index in [4.69, 9.17) is 11.6 Å². The van der Waals surface area contributed by atoms with Crippen molar-refractivity contribution >= 4 is 11.6 Å². The quantitative estimate of drug-likeness (QED) is 0.923. The van der Waals surface area contributed by atoms with Gasteiger partial charge >= 0.3 is 0 Å². The minimum Gasteiger partial charge on any atom is -0.311 e. The number of halogens is 2. The molecule has 1 heterocycles. The van der Waals surface area contributed by atoms with Crippen molar-refractivity contribution in [1.29, 1.82) is 0 Å². The van der Waals surface area contributed by atoms with Gasteiger partial charge in [-0.1, -0.05) is 18.5 Å². The smallest absolute Gasteiger partial charge is 0.160 e. The predicted octanol–water partition coefficient (Wildman–Crippen LogP) is 3.05. The molecule has 2 aromatic rings. The molecule has 0 fully saturated rings. The van der Waals surface area contributed by atoms with Gasteiger partial charge in [0.05, 0.1) is 10.7 Å². The highest BCUT2D eigenvalue weighted by Crippen LogP contribution is 2.25. The normalized spacial score (nSPS) is 10.6. The van der Waals surface area contributed by atoms with Gasteiger partial charge in [0.2, 0.25) is 0 Å². The van der Waals surface area contributed by atoms with E-state index in [0.717, 1.165) is 12.2 Å². The zero-order chi connectivity index (χ0) is 13.0. The van der Waals surface area contributed by atoms with Crippen LogP contribution in [0.1, 0.15) is 12.6 Å². The van der Waals surface area contributed by atoms with Crippen LogP contribution in [0.2, 0.25) is 5.02 Å². The maximum absolute atomic E-state index is 13.0. The zero-order valence-electron chi connectivity index (χ0n) is 9.95. The molecule has 0 spiro atoms. The topological polar surface area (TPSA) is 37.8 Å². The van der Waals surface area contributed by atoms with Crippen molar-refractivity contribution in [3.05, 3.63) is 47.0 Å². The van der Waals surface area contributed by atoms with E-state index in [1.165, 1.54) is 12.1 Å². The molecule has 94 valence electrons. The van der Waals surface area contributed by atoms with Crippen LogP contribution in [0.15, 0.2) is 30.5 Å². The molecule has 18 heavy (non-hydrogen) atoms. The van der Waals surface area contributed by atoms with Gasteiger partial charge in [-0.3, -0.25) is 0 Å². The lowest BCUT2D eigenvalue weighted by Crippen LogP contribution is -2.13. The molecule has 0 aliphatic rings. The van der Waals surface area contributed by atoms with E-state index >= 15 is 0 Å². The van der Waals surface area contributed by atoms with Gasteiger partial charge in [-0.15, -0.1) is 0 Å². The SMILES string of the molecule is CCNCc1ccnc(-c2ccc(F)cc2Cl)n1. The highest BCUT2D eigenvalue weighted by Gasteiger charge is 2.08. The number of nitrogens with zero attached hydrogens (tertiary/aromatic N) is 2. The van der Waals surface area contributed by atoms with E-state index in [0.29, 0.717) is 23.0 Å². The second kappa shape index (κ2) is 5.89. The van der Waals surface area contributed by atoms with Crippen LogP contribution >= 0.6 is 11.6 Å². The van der Waals surface area contributed by atoms with Crippen molar-refractivity contribution in [2.24, 2.45) is 0 Å². The monoisotopic (exact) mass is 265 g/mol. The Balaban J connectivity index is 2.32. The number of rotatable bonds is 4. The van der Waals surface area contributed by atoms with Gasteiger partial charge in [-0.2, -0.15) is 0 Å². The maximum Gasteiger partial charge on any atom is 0.160 e. The van der Waals surface area contributed by atoms with Crippen molar-refractivity contribution in [2.75, 3.05) is 6.54 Å². The van der Waals surface area contributed by atoms with Crippen LogP contribution < -0.4 is 5.32 Å². The lowest BCUT2D eigenvalue weighted by Gasteiger charge is -2.06. The molecule has 5 heteroatoms. The summed E-state index contributed by atoms with van der Waals surface area (Å²) in [5.74, 6) is 0.142. The van der Waals surface area contributed by atoms with Gasteiger partial charge in [0, 0.05) is 18.3 Å². The van der Waals surface area contributed by atoms with Gasteiger partial charge in [0.25, 0.3) is 0 Å². The third-order valence-electron chi connectivity index (χ3n) is 2.44. The fourth-order valence-electron chi connectivity index (χ4n) is 1.55. The Labute approximate surface area is 110 Å². The van der Waals surface area contributed by atoms with Crippen molar-refractivity contribution in [1.82, 2.24) is 15.3 Å². The Hall–Kier alpha value is -1.52. The largest absolute Gasteiger partial charge is 0.311 e. The minimum absolute atomic E-state index is 0.315. The lowest BCUT2D eigenvalue weighted by atomic mass is 10.2. The average Bonchev–Trinajstić information content (AvgIpc) is 2.36. The van der Waals surface area contributed by atoms with E-state index < -0.39 is 0 Å². The molecule has 0 bridgehead atoms. The van der Waals surface area contributed by atoms with E-state index in [9.17, 15) is 4.39 Å². The summed E-state index contributed by atoms with van der Waals surface area (Å²) in [4.78, 5) is 8.55. The van der Waals surface area contributed by atoms with Crippen LogP contribution in [0.5, 0.6) is 0 Å². The highest BCUT2D eigenvalue weighted by molar-refractivity contribution is 6.33. The molecule has 3 nitrogen and oxygen atoms in total. The van der Waals surface area contributed by atoms with Crippen molar-refractivity contribution in [2.45, 2.75) is 13.5 Å². The standard InChI is InChI=1S/C13H13ClFN3/c1-2-16-8-10-5-6-17-13(18-10)11-4-3-9(15)7-12(11)14/h3-7,16H,2,8H2,1H3. The molecular weight excluding hydrogens is 253 g/mol. The molecule has 1 N–H and O–H groups in total. The molecule has 0 aliphatic carbocycles.